The number of hydrogen-bond donors (Lipinski definition) is 1. The topological polar surface area (TPSA) is 65.0 Å². The van der Waals surface area contributed by atoms with Gasteiger partial charge in [0.2, 0.25) is 0 Å². The summed E-state index contributed by atoms with van der Waals surface area (Å²) in [5.74, 6) is -0.745. The summed E-state index contributed by atoms with van der Waals surface area (Å²) in [6.07, 6.45) is 34.6. The van der Waals surface area contributed by atoms with E-state index < -0.39 is 5.97 Å². The van der Waals surface area contributed by atoms with Crippen molar-refractivity contribution in [2.75, 3.05) is 0 Å². The summed E-state index contributed by atoms with van der Waals surface area (Å²) < 4.78 is 19.1. The van der Waals surface area contributed by atoms with Crippen molar-refractivity contribution < 1.29 is 24.1 Å². The minimum Gasteiger partial charge on any atom is -0.481 e. The zero-order valence-electron chi connectivity index (χ0n) is 28.7. The van der Waals surface area contributed by atoms with Crippen LogP contribution in [0.25, 0.3) is 0 Å². The van der Waals surface area contributed by atoms with Gasteiger partial charge in [0.15, 0.2) is 0 Å². The van der Waals surface area contributed by atoms with E-state index in [0.717, 1.165) is 25.7 Å². The molecule has 6 unspecified atom stereocenters. The Morgan fingerprint density at radius 3 is 1.10 bits per heavy atom. The maximum absolute atomic E-state index is 9.37. The molecule has 0 aromatic heterocycles. The molecule has 0 aromatic carbocycles. The summed E-state index contributed by atoms with van der Waals surface area (Å²) >= 11 is 0. The van der Waals surface area contributed by atoms with Crippen LogP contribution in [0.4, 0.5) is 0 Å². The minimum absolute atomic E-state index is 0.222. The zero-order chi connectivity index (χ0) is 30.8. The molecule has 0 spiro atoms. The van der Waals surface area contributed by atoms with Crippen LogP contribution in [0.15, 0.2) is 0 Å². The van der Waals surface area contributed by atoms with Gasteiger partial charge >= 0.3 is 5.97 Å². The Bertz CT molecular complexity index is 555. The van der Waals surface area contributed by atoms with Crippen LogP contribution < -0.4 is 0 Å². The quantitative estimate of drug-likeness (QED) is 0.0955. The van der Waals surface area contributed by atoms with E-state index in [1.807, 2.05) is 0 Å². The summed E-state index contributed by atoms with van der Waals surface area (Å²) in [6, 6.07) is 0. The van der Waals surface area contributed by atoms with Crippen LogP contribution in [0.1, 0.15) is 195 Å². The second-order valence-electron chi connectivity index (χ2n) is 13.3. The van der Waals surface area contributed by atoms with Crippen LogP contribution in [0.5, 0.6) is 0 Å². The van der Waals surface area contributed by atoms with Crippen LogP contribution in [-0.2, 0) is 19.0 Å². The number of carboxylic acids is 1. The Morgan fingerprint density at radius 2 is 0.857 bits per heavy atom. The van der Waals surface area contributed by atoms with E-state index in [9.17, 15) is 4.79 Å². The van der Waals surface area contributed by atoms with Crippen LogP contribution in [0, 0.1) is 0 Å². The van der Waals surface area contributed by atoms with Crippen LogP contribution in [0.3, 0.4) is 0 Å². The lowest BCUT2D eigenvalue weighted by molar-refractivity contribution is -0.233. The lowest BCUT2D eigenvalue weighted by atomic mass is 9.93. The third-order valence-corrected chi connectivity index (χ3v) is 9.11. The van der Waals surface area contributed by atoms with Crippen molar-refractivity contribution in [2.45, 2.75) is 232 Å². The third kappa shape index (κ3) is 20.3. The molecular formula is C37H72O5. The van der Waals surface area contributed by atoms with E-state index in [1.54, 1.807) is 6.92 Å². The summed E-state index contributed by atoms with van der Waals surface area (Å²) in [5.41, 5.74) is 0. The highest BCUT2D eigenvalue weighted by molar-refractivity contribution is 5.66. The molecular weight excluding hydrogens is 524 g/mol. The number of carbonyl (C=O) groups is 1. The highest BCUT2D eigenvalue weighted by Gasteiger charge is 2.39. The number of aliphatic carboxylic acids is 1. The van der Waals surface area contributed by atoms with Gasteiger partial charge < -0.3 is 19.3 Å². The number of ether oxygens (including phenoxy) is 3. The summed E-state index contributed by atoms with van der Waals surface area (Å²) in [4.78, 5) is 9.37. The minimum atomic E-state index is -0.745. The van der Waals surface area contributed by atoms with E-state index in [0.29, 0.717) is 24.4 Å². The molecule has 0 bridgehead atoms. The van der Waals surface area contributed by atoms with Gasteiger partial charge in [-0.2, -0.15) is 0 Å². The van der Waals surface area contributed by atoms with Gasteiger partial charge in [-0.05, 0) is 26.7 Å². The third-order valence-electron chi connectivity index (χ3n) is 9.11. The van der Waals surface area contributed by atoms with E-state index in [4.69, 9.17) is 19.3 Å². The Hall–Kier alpha value is -0.650. The maximum atomic E-state index is 9.37. The number of rotatable bonds is 27. The van der Waals surface area contributed by atoms with Gasteiger partial charge in [0.25, 0.3) is 0 Å². The first-order valence-electron chi connectivity index (χ1n) is 18.6. The lowest BCUT2D eigenvalue weighted by Gasteiger charge is -2.44. The first kappa shape index (κ1) is 39.4. The Kier molecular flexibility index (Phi) is 25.1. The molecule has 2 aliphatic heterocycles. The first-order chi connectivity index (χ1) is 20.4. The maximum Gasteiger partial charge on any atom is 0.303 e. The summed E-state index contributed by atoms with van der Waals surface area (Å²) in [7, 11) is 0. The van der Waals surface area contributed by atoms with Gasteiger partial charge in [0.05, 0.1) is 36.6 Å². The van der Waals surface area contributed by atoms with E-state index >= 15 is 0 Å². The number of hydrogen-bond acceptors (Lipinski definition) is 4. The van der Waals surface area contributed by atoms with Crippen molar-refractivity contribution in [3.05, 3.63) is 0 Å². The Morgan fingerprint density at radius 1 is 0.595 bits per heavy atom. The average Bonchev–Trinajstić information content (AvgIpc) is 2.94. The predicted octanol–water partition coefficient (Wildman–Crippen LogP) is 11.2. The van der Waals surface area contributed by atoms with E-state index in [-0.39, 0.29) is 18.6 Å². The Labute approximate surface area is 261 Å². The lowest BCUT2D eigenvalue weighted by Crippen LogP contribution is -2.51. The predicted molar refractivity (Wildman–Crippen MR) is 177 cm³/mol. The fourth-order valence-electron chi connectivity index (χ4n) is 6.28. The normalized spacial score (nSPS) is 22.9. The van der Waals surface area contributed by atoms with Crippen LogP contribution in [-0.4, -0.2) is 47.7 Å². The van der Waals surface area contributed by atoms with E-state index in [2.05, 4.69) is 27.7 Å². The second-order valence-corrected chi connectivity index (χ2v) is 13.3. The van der Waals surface area contributed by atoms with Crippen LogP contribution >= 0.6 is 0 Å². The van der Waals surface area contributed by atoms with Crippen molar-refractivity contribution in [1.82, 2.24) is 0 Å². The van der Waals surface area contributed by atoms with Gasteiger partial charge in [-0.3, -0.25) is 4.79 Å². The fraction of sp³-hybridized carbons (Fsp3) is 0.973. The van der Waals surface area contributed by atoms with Gasteiger partial charge in [0.1, 0.15) is 0 Å². The molecule has 1 N–H and O–H groups in total. The first-order valence-corrected chi connectivity index (χ1v) is 18.6. The summed E-state index contributed by atoms with van der Waals surface area (Å²) in [5, 5.41) is 7.72. The van der Waals surface area contributed by atoms with Gasteiger partial charge in [-0.1, -0.05) is 149 Å². The molecule has 42 heavy (non-hydrogen) atoms. The van der Waals surface area contributed by atoms with Crippen molar-refractivity contribution in [3.63, 3.8) is 0 Å². The number of unbranched alkanes of at least 4 members (excludes halogenated alkanes) is 18. The molecule has 2 heterocycles. The van der Waals surface area contributed by atoms with Crippen molar-refractivity contribution in [2.24, 2.45) is 0 Å². The van der Waals surface area contributed by atoms with Crippen molar-refractivity contribution >= 4 is 5.97 Å². The number of carboxylic acid groups (broad SMARTS) is 1. The highest BCUT2D eigenvalue weighted by atomic mass is 16.6. The standard InChI is InChI=1S/C34H66O3.C3H6O2/c1-5-7-9-11-13-15-17-19-21-23-25-31(33-27-29(3)35-33)37-32(34-28-30(4)36-34)26-24-22-20-18-16-14-12-10-8-6-2;1-2-3(4)5/h29-34H,5-28H2,1-4H3;2H2,1H3,(H,4,5). The summed E-state index contributed by atoms with van der Waals surface area (Å²) in [6.45, 7) is 10.6. The van der Waals surface area contributed by atoms with E-state index in [1.165, 1.54) is 128 Å². The van der Waals surface area contributed by atoms with Crippen molar-refractivity contribution in [3.8, 4) is 0 Å². The molecule has 0 saturated carbocycles. The molecule has 5 nitrogen and oxygen atoms in total. The van der Waals surface area contributed by atoms with Gasteiger partial charge in [-0.15, -0.1) is 0 Å². The largest absolute Gasteiger partial charge is 0.481 e. The molecule has 5 heteroatoms. The molecule has 6 atom stereocenters. The molecule has 2 saturated heterocycles. The Balaban J connectivity index is 0.00000162. The smallest absolute Gasteiger partial charge is 0.303 e. The second kappa shape index (κ2) is 26.7. The molecule has 2 fully saturated rings. The monoisotopic (exact) mass is 597 g/mol. The molecule has 0 amide bonds. The highest BCUT2D eigenvalue weighted by Crippen LogP contribution is 2.33. The SMILES string of the molecule is CCC(=O)O.CCCCCCCCCCCCC(OC(CCCCCCCCCCCC)C1CC(C)O1)C1CC(C)O1. The fourth-order valence-corrected chi connectivity index (χ4v) is 6.28. The molecule has 250 valence electrons. The average molecular weight is 597 g/mol. The molecule has 0 radical (unpaired) electrons. The van der Waals surface area contributed by atoms with Crippen molar-refractivity contribution in [1.29, 1.82) is 0 Å². The zero-order valence-corrected chi connectivity index (χ0v) is 28.7. The molecule has 0 aromatic rings. The van der Waals surface area contributed by atoms with Gasteiger partial charge in [-0.25, -0.2) is 0 Å². The van der Waals surface area contributed by atoms with Crippen LogP contribution in [0.2, 0.25) is 0 Å². The molecule has 2 rings (SSSR count). The molecule has 0 aliphatic carbocycles. The molecule has 2 aliphatic rings. The van der Waals surface area contributed by atoms with Gasteiger partial charge in [0, 0.05) is 19.3 Å².